The van der Waals surface area contributed by atoms with Crippen molar-refractivity contribution in [2.75, 3.05) is 14.2 Å². The second kappa shape index (κ2) is 5.07. The van der Waals surface area contributed by atoms with Gasteiger partial charge in [-0.2, -0.15) is 0 Å². The van der Waals surface area contributed by atoms with E-state index < -0.39 is 0 Å². The van der Waals surface area contributed by atoms with Gasteiger partial charge in [-0.1, -0.05) is 42.1 Å². The maximum Gasteiger partial charge on any atom is 0.132 e. The van der Waals surface area contributed by atoms with E-state index >= 15 is 0 Å². The fourth-order valence-corrected chi connectivity index (χ4v) is 1.09. The van der Waals surface area contributed by atoms with E-state index in [1.807, 2.05) is 30.3 Å². The van der Waals surface area contributed by atoms with Crippen molar-refractivity contribution in [3.05, 3.63) is 48.2 Å². The predicted molar refractivity (Wildman–Crippen MR) is 58.2 cm³/mol. The number of rotatable bonds is 4. The van der Waals surface area contributed by atoms with Crippen molar-refractivity contribution >= 4 is 5.71 Å². The molecule has 1 aromatic rings. The van der Waals surface area contributed by atoms with E-state index in [1.54, 1.807) is 7.05 Å². The first-order valence-corrected chi connectivity index (χ1v) is 4.33. The molecule has 0 bridgehead atoms. The van der Waals surface area contributed by atoms with Crippen molar-refractivity contribution in [2.45, 2.75) is 0 Å². The molecule has 0 amide bonds. The number of likely N-dealkylation sites (N-methyl/N-ethyl adjacent to an activating group) is 1. The molecule has 0 spiro atoms. The van der Waals surface area contributed by atoms with E-state index in [2.05, 4.69) is 17.1 Å². The quantitative estimate of drug-likeness (QED) is 0.580. The van der Waals surface area contributed by atoms with Gasteiger partial charge in [0.25, 0.3) is 0 Å². The molecule has 1 rings (SSSR count). The summed E-state index contributed by atoms with van der Waals surface area (Å²) in [6.45, 7) is 3.85. The van der Waals surface area contributed by atoms with Crippen LogP contribution in [0.15, 0.2) is 47.8 Å². The first-order chi connectivity index (χ1) is 6.79. The molecule has 3 nitrogen and oxygen atoms in total. The summed E-state index contributed by atoms with van der Waals surface area (Å²) in [5, 5.41) is 6.86. The average molecular weight is 190 g/mol. The van der Waals surface area contributed by atoms with Gasteiger partial charge in [0.2, 0.25) is 0 Å². The molecule has 0 aromatic heterocycles. The highest BCUT2D eigenvalue weighted by Crippen LogP contribution is 2.06. The van der Waals surface area contributed by atoms with Crippen LogP contribution in [0.2, 0.25) is 0 Å². The molecule has 1 aromatic carbocycles. The first kappa shape index (κ1) is 10.3. The average Bonchev–Trinajstić information content (AvgIpc) is 2.26. The Morgan fingerprint density at radius 2 is 2.00 bits per heavy atom. The lowest BCUT2D eigenvalue weighted by Gasteiger charge is -2.07. The van der Waals surface area contributed by atoms with Gasteiger partial charge in [0.05, 0.1) is 5.70 Å². The van der Waals surface area contributed by atoms with Gasteiger partial charge < -0.3 is 10.2 Å². The second-order valence-corrected chi connectivity index (χ2v) is 2.72. The highest BCUT2D eigenvalue weighted by Gasteiger charge is 2.06. The van der Waals surface area contributed by atoms with E-state index in [1.165, 1.54) is 7.11 Å². The summed E-state index contributed by atoms with van der Waals surface area (Å²) in [5.41, 5.74) is 2.43. The van der Waals surface area contributed by atoms with Crippen molar-refractivity contribution in [1.29, 1.82) is 0 Å². The lowest BCUT2D eigenvalue weighted by Crippen LogP contribution is -2.16. The van der Waals surface area contributed by atoms with Crippen LogP contribution in [0, 0.1) is 0 Å². The van der Waals surface area contributed by atoms with Crippen molar-refractivity contribution in [3.8, 4) is 0 Å². The van der Waals surface area contributed by atoms with Crippen LogP contribution in [-0.4, -0.2) is 19.9 Å². The van der Waals surface area contributed by atoms with Gasteiger partial charge in [0.1, 0.15) is 12.8 Å². The number of hydrogen-bond acceptors (Lipinski definition) is 3. The van der Waals surface area contributed by atoms with E-state index in [9.17, 15) is 0 Å². The summed E-state index contributed by atoms with van der Waals surface area (Å²) in [6.07, 6.45) is 0. The lowest BCUT2D eigenvalue weighted by molar-refractivity contribution is 0.213. The van der Waals surface area contributed by atoms with Crippen molar-refractivity contribution in [2.24, 2.45) is 5.16 Å². The Kier molecular flexibility index (Phi) is 3.73. The molecule has 0 heterocycles. The Morgan fingerprint density at radius 3 is 2.50 bits per heavy atom. The Balaban J connectivity index is 3.02. The summed E-state index contributed by atoms with van der Waals surface area (Å²) >= 11 is 0. The third kappa shape index (κ3) is 2.36. The molecule has 0 unspecified atom stereocenters. The number of oxime groups is 1. The molecule has 0 aliphatic rings. The van der Waals surface area contributed by atoms with Gasteiger partial charge in [0.15, 0.2) is 0 Å². The molecule has 14 heavy (non-hydrogen) atoms. The molecular formula is C11H14N2O. The highest BCUT2D eigenvalue weighted by molar-refractivity contribution is 6.11. The maximum absolute atomic E-state index is 4.77. The minimum Gasteiger partial charge on any atom is -0.399 e. The summed E-state index contributed by atoms with van der Waals surface area (Å²) in [7, 11) is 3.32. The molecule has 1 N–H and O–H groups in total. The normalized spacial score (nSPS) is 10.9. The summed E-state index contributed by atoms with van der Waals surface area (Å²) < 4.78 is 0. The van der Waals surface area contributed by atoms with Gasteiger partial charge in [-0.3, -0.25) is 0 Å². The van der Waals surface area contributed by atoms with Crippen molar-refractivity contribution < 1.29 is 4.84 Å². The molecule has 0 fully saturated rings. The van der Waals surface area contributed by atoms with Crippen molar-refractivity contribution in [3.63, 3.8) is 0 Å². The number of nitrogens with one attached hydrogen (secondary N) is 1. The van der Waals surface area contributed by atoms with Crippen LogP contribution in [0.1, 0.15) is 5.56 Å². The van der Waals surface area contributed by atoms with Crippen LogP contribution >= 0.6 is 0 Å². The molecule has 0 aliphatic carbocycles. The van der Waals surface area contributed by atoms with Crippen LogP contribution in [-0.2, 0) is 4.84 Å². The molecule has 74 valence electrons. The van der Waals surface area contributed by atoms with Gasteiger partial charge in [-0.05, 0) is 0 Å². The summed E-state index contributed by atoms with van der Waals surface area (Å²) in [6, 6.07) is 9.77. The minimum atomic E-state index is 0.718. The molecule has 3 heteroatoms. The monoisotopic (exact) mass is 190 g/mol. The van der Waals surface area contributed by atoms with E-state index in [-0.39, 0.29) is 0 Å². The zero-order valence-corrected chi connectivity index (χ0v) is 8.45. The highest BCUT2D eigenvalue weighted by atomic mass is 16.6. The standard InChI is InChI=1S/C11H14N2O/c1-9(12-2)11(13-14-3)10-7-5-4-6-8-10/h4-8,12H,1H2,2-3H3/b13-11-. The fourth-order valence-electron chi connectivity index (χ4n) is 1.09. The van der Waals surface area contributed by atoms with E-state index in [0.29, 0.717) is 0 Å². The van der Waals surface area contributed by atoms with Gasteiger partial charge in [0, 0.05) is 12.6 Å². The topological polar surface area (TPSA) is 33.6 Å². The van der Waals surface area contributed by atoms with Crippen LogP contribution in [0.3, 0.4) is 0 Å². The fraction of sp³-hybridized carbons (Fsp3) is 0.182. The van der Waals surface area contributed by atoms with Crippen LogP contribution in [0.25, 0.3) is 0 Å². The molecule has 0 atom stereocenters. The Labute approximate surface area is 84.1 Å². The largest absolute Gasteiger partial charge is 0.399 e. The molecule has 0 saturated heterocycles. The van der Waals surface area contributed by atoms with Gasteiger partial charge in [-0.25, -0.2) is 0 Å². The van der Waals surface area contributed by atoms with Gasteiger partial charge in [-0.15, -0.1) is 0 Å². The van der Waals surface area contributed by atoms with Crippen LogP contribution < -0.4 is 5.32 Å². The molecular weight excluding hydrogens is 176 g/mol. The van der Waals surface area contributed by atoms with Crippen LogP contribution in [0.5, 0.6) is 0 Å². The number of benzene rings is 1. The molecule has 0 saturated carbocycles. The third-order valence-electron chi connectivity index (χ3n) is 1.82. The van der Waals surface area contributed by atoms with Gasteiger partial charge >= 0.3 is 0 Å². The van der Waals surface area contributed by atoms with E-state index in [0.717, 1.165) is 17.0 Å². The zero-order chi connectivity index (χ0) is 10.4. The third-order valence-corrected chi connectivity index (χ3v) is 1.82. The van der Waals surface area contributed by atoms with Crippen molar-refractivity contribution in [1.82, 2.24) is 5.32 Å². The summed E-state index contributed by atoms with van der Waals surface area (Å²) in [4.78, 5) is 4.77. The number of allylic oxidation sites excluding steroid dienone is 1. The van der Waals surface area contributed by atoms with E-state index in [4.69, 9.17) is 4.84 Å². The number of nitrogens with zero attached hydrogens (tertiary/aromatic N) is 1. The Hall–Kier alpha value is -1.77. The summed E-state index contributed by atoms with van der Waals surface area (Å²) in [5.74, 6) is 0. The molecule has 0 aliphatic heterocycles. The Morgan fingerprint density at radius 1 is 1.36 bits per heavy atom. The lowest BCUT2D eigenvalue weighted by atomic mass is 10.1. The minimum absolute atomic E-state index is 0.718. The predicted octanol–water partition coefficient (Wildman–Crippen LogP) is 1.77. The SMILES string of the molecule is C=C(NC)/C(=N/OC)c1ccccc1. The maximum atomic E-state index is 4.77. The zero-order valence-electron chi connectivity index (χ0n) is 8.45. The number of hydrogen-bond donors (Lipinski definition) is 1. The molecule has 0 radical (unpaired) electrons. The first-order valence-electron chi connectivity index (χ1n) is 4.33. The smallest absolute Gasteiger partial charge is 0.132 e. The van der Waals surface area contributed by atoms with Crippen LogP contribution in [0.4, 0.5) is 0 Å². The Bertz CT molecular complexity index is 330. The second-order valence-electron chi connectivity index (χ2n) is 2.72.